The van der Waals surface area contributed by atoms with Crippen molar-refractivity contribution in [2.75, 3.05) is 0 Å². The van der Waals surface area contributed by atoms with Gasteiger partial charge in [0.25, 0.3) is 5.91 Å². The van der Waals surface area contributed by atoms with E-state index < -0.39 is 12.0 Å². The van der Waals surface area contributed by atoms with E-state index in [2.05, 4.69) is 5.32 Å². The third kappa shape index (κ3) is 3.96. The van der Waals surface area contributed by atoms with Gasteiger partial charge in [-0.15, -0.1) is 0 Å². The average Bonchev–Trinajstić information content (AvgIpc) is 2.34. The van der Waals surface area contributed by atoms with Crippen LogP contribution in [-0.2, 0) is 4.79 Å². The number of aryl methyl sites for hydroxylation is 1. The number of rotatable bonds is 5. The fourth-order valence-electron chi connectivity index (χ4n) is 1.78. The van der Waals surface area contributed by atoms with E-state index in [1.807, 2.05) is 6.92 Å². The largest absolute Gasteiger partial charge is 0.480 e. The van der Waals surface area contributed by atoms with Crippen LogP contribution in [-0.4, -0.2) is 23.0 Å². The third-order valence-electron chi connectivity index (χ3n) is 3.20. The van der Waals surface area contributed by atoms with Gasteiger partial charge in [0.1, 0.15) is 6.04 Å². The number of nitrogens with one attached hydrogen (secondary N) is 1. The summed E-state index contributed by atoms with van der Waals surface area (Å²) in [6, 6.07) is 4.01. The summed E-state index contributed by atoms with van der Waals surface area (Å²) in [6.07, 6.45) is 0.677. The molecule has 19 heavy (non-hydrogen) atoms. The van der Waals surface area contributed by atoms with Crippen LogP contribution in [0, 0.1) is 12.8 Å². The summed E-state index contributed by atoms with van der Waals surface area (Å²) in [4.78, 5) is 23.3. The van der Waals surface area contributed by atoms with Crippen LogP contribution < -0.4 is 5.32 Å². The smallest absolute Gasteiger partial charge is 0.326 e. The normalized spacial score (nSPS) is 13.7. The second-order valence-corrected chi connectivity index (χ2v) is 5.07. The molecular weight excluding hydrogens is 266 g/mol. The molecule has 0 radical (unpaired) electrons. The summed E-state index contributed by atoms with van der Waals surface area (Å²) in [6.45, 7) is 5.45. The first-order chi connectivity index (χ1) is 8.86. The molecule has 1 aromatic carbocycles. The SMILES string of the molecule is CCC(C)C(NC(=O)c1ccc(Cl)cc1C)C(=O)O. The minimum absolute atomic E-state index is 0.131. The molecule has 2 unspecified atom stereocenters. The highest BCUT2D eigenvalue weighted by Gasteiger charge is 2.26. The van der Waals surface area contributed by atoms with Gasteiger partial charge in [-0.3, -0.25) is 4.79 Å². The molecule has 5 heteroatoms. The topological polar surface area (TPSA) is 66.4 Å². The number of amides is 1. The molecule has 1 aromatic rings. The maximum Gasteiger partial charge on any atom is 0.326 e. The first-order valence-electron chi connectivity index (χ1n) is 6.16. The summed E-state index contributed by atoms with van der Waals surface area (Å²) in [5, 5.41) is 12.3. The number of aliphatic carboxylic acids is 1. The van der Waals surface area contributed by atoms with Crippen molar-refractivity contribution in [2.45, 2.75) is 33.2 Å². The molecule has 0 saturated heterocycles. The number of hydrogen-bond acceptors (Lipinski definition) is 2. The second kappa shape index (κ2) is 6.57. The highest BCUT2D eigenvalue weighted by atomic mass is 35.5. The van der Waals surface area contributed by atoms with E-state index in [0.29, 0.717) is 17.0 Å². The third-order valence-corrected chi connectivity index (χ3v) is 3.43. The number of hydrogen-bond donors (Lipinski definition) is 2. The fraction of sp³-hybridized carbons (Fsp3) is 0.429. The molecule has 0 aromatic heterocycles. The Morgan fingerprint density at radius 3 is 2.53 bits per heavy atom. The number of carbonyl (C=O) groups is 2. The molecule has 2 N–H and O–H groups in total. The summed E-state index contributed by atoms with van der Waals surface area (Å²) in [5.41, 5.74) is 1.16. The highest BCUT2D eigenvalue weighted by Crippen LogP contribution is 2.16. The lowest BCUT2D eigenvalue weighted by Crippen LogP contribution is -2.45. The highest BCUT2D eigenvalue weighted by molar-refractivity contribution is 6.30. The van der Waals surface area contributed by atoms with Crippen molar-refractivity contribution in [3.63, 3.8) is 0 Å². The van der Waals surface area contributed by atoms with Crippen molar-refractivity contribution >= 4 is 23.5 Å². The molecule has 104 valence electrons. The molecule has 0 saturated carbocycles. The molecule has 1 amide bonds. The molecule has 4 nitrogen and oxygen atoms in total. The number of carboxylic acid groups (broad SMARTS) is 1. The molecule has 0 heterocycles. The minimum atomic E-state index is -1.02. The molecule has 0 fully saturated rings. The van der Waals surface area contributed by atoms with Gasteiger partial charge in [-0.1, -0.05) is 31.9 Å². The number of carboxylic acids is 1. The van der Waals surface area contributed by atoms with Gasteiger partial charge in [-0.05, 0) is 36.6 Å². The van der Waals surface area contributed by atoms with Crippen LogP contribution in [0.5, 0.6) is 0 Å². The van der Waals surface area contributed by atoms with E-state index in [4.69, 9.17) is 16.7 Å². The average molecular weight is 284 g/mol. The van der Waals surface area contributed by atoms with Crippen molar-refractivity contribution in [3.05, 3.63) is 34.3 Å². The molecule has 0 spiro atoms. The van der Waals surface area contributed by atoms with Gasteiger partial charge in [0, 0.05) is 10.6 Å². The fourth-order valence-corrected chi connectivity index (χ4v) is 2.01. The van der Waals surface area contributed by atoms with Crippen molar-refractivity contribution < 1.29 is 14.7 Å². The predicted molar refractivity (Wildman–Crippen MR) is 74.5 cm³/mol. The Labute approximate surface area is 117 Å². The van der Waals surface area contributed by atoms with Gasteiger partial charge < -0.3 is 10.4 Å². The van der Waals surface area contributed by atoms with Gasteiger partial charge in [0.05, 0.1) is 0 Å². The summed E-state index contributed by atoms with van der Waals surface area (Å²) in [5.74, 6) is -1.54. The van der Waals surface area contributed by atoms with Crippen LogP contribution >= 0.6 is 11.6 Å². The number of halogens is 1. The summed E-state index contributed by atoms with van der Waals surface area (Å²) < 4.78 is 0. The Bertz CT molecular complexity index is 488. The molecular formula is C14H18ClNO3. The van der Waals surface area contributed by atoms with E-state index in [1.54, 1.807) is 32.0 Å². The van der Waals surface area contributed by atoms with E-state index in [9.17, 15) is 9.59 Å². The molecule has 2 atom stereocenters. The van der Waals surface area contributed by atoms with Gasteiger partial charge >= 0.3 is 5.97 Å². The Hall–Kier alpha value is -1.55. The Kier molecular flexibility index (Phi) is 5.36. The van der Waals surface area contributed by atoms with Crippen molar-refractivity contribution in [1.82, 2.24) is 5.32 Å². The number of benzene rings is 1. The van der Waals surface area contributed by atoms with Gasteiger partial charge in [0.15, 0.2) is 0 Å². The zero-order chi connectivity index (χ0) is 14.6. The van der Waals surface area contributed by atoms with E-state index >= 15 is 0 Å². The molecule has 1 rings (SSSR count). The first kappa shape index (κ1) is 15.5. The quantitative estimate of drug-likeness (QED) is 0.873. The first-order valence-corrected chi connectivity index (χ1v) is 6.54. The lowest BCUT2D eigenvalue weighted by molar-refractivity contribution is -0.140. The van der Waals surface area contributed by atoms with Gasteiger partial charge in [-0.2, -0.15) is 0 Å². The van der Waals surface area contributed by atoms with Crippen LogP contribution in [0.1, 0.15) is 36.2 Å². The maximum atomic E-state index is 12.1. The van der Waals surface area contributed by atoms with Crippen LogP contribution in [0.2, 0.25) is 5.02 Å². The lowest BCUT2D eigenvalue weighted by atomic mass is 9.98. The van der Waals surface area contributed by atoms with E-state index in [-0.39, 0.29) is 11.8 Å². The lowest BCUT2D eigenvalue weighted by Gasteiger charge is -2.20. The van der Waals surface area contributed by atoms with Crippen LogP contribution in [0.3, 0.4) is 0 Å². The number of carbonyl (C=O) groups excluding carboxylic acids is 1. The van der Waals surface area contributed by atoms with Crippen LogP contribution in [0.15, 0.2) is 18.2 Å². The van der Waals surface area contributed by atoms with Gasteiger partial charge in [0.2, 0.25) is 0 Å². The summed E-state index contributed by atoms with van der Waals surface area (Å²) >= 11 is 5.82. The summed E-state index contributed by atoms with van der Waals surface area (Å²) in [7, 11) is 0. The zero-order valence-electron chi connectivity index (χ0n) is 11.2. The Morgan fingerprint density at radius 2 is 2.05 bits per heavy atom. The minimum Gasteiger partial charge on any atom is -0.480 e. The molecule has 0 aliphatic rings. The van der Waals surface area contributed by atoms with Crippen molar-refractivity contribution in [1.29, 1.82) is 0 Å². The van der Waals surface area contributed by atoms with Gasteiger partial charge in [-0.25, -0.2) is 4.79 Å². The predicted octanol–water partition coefficient (Wildman–Crippen LogP) is 2.88. The van der Waals surface area contributed by atoms with Crippen molar-refractivity contribution in [2.24, 2.45) is 5.92 Å². The maximum absolute atomic E-state index is 12.1. The molecule has 0 bridgehead atoms. The standard InChI is InChI=1S/C14H18ClNO3/c1-4-8(2)12(14(18)19)16-13(17)11-6-5-10(15)7-9(11)3/h5-8,12H,4H2,1-3H3,(H,16,17)(H,18,19). The van der Waals surface area contributed by atoms with Crippen LogP contribution in [0.25, 0.3) is 0 Å². The zero-order valence-corrected chi connectivity index (χ0v) is 12.0. The molecule has 0 aliphatic heterocycles. The monoisotopic (exact) mass is 283 g/mol. The second-order valence-electron chi connectivity index (χ2n) is 4.63. The Morgan fingerprint density at radius 1 is 1.42 bits per heavy atom. The van der Waals surface area contributed by atoms with Crippen molar-refractivity contribution in [3.8, 4) is 0 Å². The molecule has 0 aliphatic carbocycles. The van der Waals surface area contributed by atoms with Crippen LogP contribution in [0.4, 0.5) is 0 Å². The van der Waals surface area contributed by atoms with E-state index in [1.165, 1.54) is 0 Å². The Balaban J connectivity index is 2.91. The van der Waals surface area contributed by atoms with E-state index in [0.717, 1.165) is 5.56 Å².